The molecule has 0 aromatic heterocycles. The lowest BCUT2D eigenvalue weighted by atomic mass is 9.98. The molecule has 0 aromatic carbocycles. The Morgan fingerprint density at radius 3 is 2.46 bits per heavy atom. The molecule has 0 fully saturated rings. The van der Waals surface area contributed by atoms with E-state index in [0.29, 0.717) is 18.4 Å². The number of carbonyl (C=O) groups excluding carboxylic acids is 2. The first kappa shape index (κ1) is 11.9. The van der Waals surface area contributed by atoms with Gasteiger partial charge in [-0.3, -0.25) is 4.79 Å². The summed E-state index contributed by atoms with van der Waals surface area (Å²) in [6.07, 6.45) is 1.97. The third kappa shape index (κ3) is 5.17. The summed E-state index contributed by atoms with van der Waals surface area (Å²) in [6.45, 7) is 8.97. The van der Waals surface area contributed by atoms with Crippen molar-refractivity contribution in [1.29, 1.82) is 0 Å². The molecular weight excluding hydrogens is 166 g/mol. The lowest BCUT2D eigenvalue weighted by Gasteiger charge is -2.25. The molecule has 0 aromatic rings. The summed E-state index contributed by atoms with van der Waals surface area (Å²) < 4.78 is 0. The van der Waals surface area contributed by atoms with E-state index in [0.717, 1.165) is 6.29 Å². The fraction of sp³-hybridized carbons (Fsp3) is 0.600. The van der Waals surface area contributed by atoms with Gasteiger partial charge in [0.1, 0.15) is 6.29 Å². The third-order valence-electron chi connectivity index (χ3n) is 1.73. The maximum Gasteiger partial charge on any atom is 0.246 e. The predicted molar refractivity (Wildman–Crippen MR) is 52.3 cm³/mol. The van der Waals surface area contributed by atoms with Gasteiger partial charge in [0.15, 0.2) is 0 Å². The van der Waals surface area contributed by atoms with Crippen molar-refractivity contribution in [2.75, 3.05) is 0 Å². The van der Waals surface area contributed by atoms with Crippen LogP contribution in [0.3, 0.4) is 0 Å². The quantitative estimate of drug-likeness (QED) is 0.518. The smallest absolute Gasteiger partial charge is 0.246 e. The number of nitrogens with one attached hydrogen (secondary N) is 1. The van der Waals surface area contributed by atoms with Crippen molar-refractivity contribution < 1.29 is 9.59 Å². The van der Waals surface area contributed by atoms with Gasteiger partial charge in [0.25, 0.3) is 0 Å². The summed E-state index contributed by atoms with van der Waals surface area (Å²) in [4.78, 5) is 21.4. The van der Waals surface area contributed by atoms with Gasteiger partial charge < -0.3 is 10.1 Å². The van der Waals surface area contributed by atoms with Crippen LogP contribution < -0.4 is 5.32 Å². The summed E-state index contributed by atoms with van der Waals surface area (Å²) in [5.74, 6) is -0.157. The van der Waals surface area contributed by atoms with E-state index in [2.05, 4.69) is 11.9 Å². The Hall–Kier alpha value is -1.12. The minimum atomic E-state index is -0.336. The predicted octanol–water partition coefficient (Wildman–Crippen LogP) is 1.44. The van der Waals surface area contributed by atoms with E-state index in [9.17, 15) is 9.59 Å². The van der Waals surface area contributed by atoms with Gasteiger partial charge in [-0.05, 0) is 27.2 Å². The fourth-order valence-corrected chi connectivity index (χ4v) is 0.896. The highest BCUT2D eigenvalue weighted by Gasteiger charge is 2.19. The molecule has 0 aliphatic carbocycles. The fourth-order valence-electron chi connectivity index (χ4n) is 0.896. The molecule has 0 aliphatic rings. The maximum absolute atomic E-state index is 11.2. The molecule has 0 saturated carbocycles. The Morgan fingerprint density at radius 2 is 2.08 bits per heavy atom. The molecule has 13 heavy (non-hydrogen) atoms. The molecule has 1 N–H and O–H groups in total. The van der Waals surface area contributed by atoms with E-state index in [-0.39, 0.29) is 11.4 Å². The van der Waals surface area contributed by atoms with Crippen LogP contribution in [-0.4, -0.2) is 17.7 Å². The van der Waals surface area contributed by atoms with Crippen molar-refractivity contribution in [2.24, 2.45) is 0 Å². The second-order valence-corrected chi connectivity index (χ2v) is 3.82. The molecule has 0 atom stereocenters. The zero-order valence-electron chi connectivity index (χ0n) is 8.52. The maximum atomic E-state index is 11.2. The minimum absolute atomic E-state index is 0.157. The van der Waals surface area contributed by atoms with Gasteiger partial charge in [0.2, 0.25) is 5.91 Å². The highest BCUT2D eigenvalue weighted by Crippen LogP contribution is 2.10. The third-order valence-corrected chi connectivity index (χ3v) is 1.73. The molecule has 0 saturated heterocycles. The summed E-state index contributed by atoms with van der Waals surface area (Å²) in [5.41, 5.74) is 0.149. The van der Waals surface area contributed by atoms with Gasteiger partial charge in [0, 0.05) is 17.5 Å². The van der Waals surface area contributed by atoms with Gasteiger partial charge in [-0.25, -0.2) is 0 Å². The van der Waals surface area contributed by atoms with Crippen LogP contribution in [-0.2, 0) is 9.59 Å². The Labute approximate surface area is 79.2 Å². The number of amides is 1. The number of carbonyl (C=O) groups is 2. The van der Waals surface area contributed by atoms with Crippen molar-refractivity contribution in [3.05, 3.63) is 12.2 Å². The summed E-state index contributed by atoms with van der Waals surface area (Å²) in [7, 11) is 0. The van der Waals surface area contributed by atoms with Crippen LogP contribution in [0.2, 0.25) is 0 Å². The molecule has 0 aliphatic heterocycles. The lowest BCUT2D eigenvalue weighted by molar-refractivity contribution is -0.119. The average molecular weight is 183 g/mol. The standard InChI is InChI=1S/C10H17NO2/c1-8(2)9(13)11-10(3,4)6-5-7-12/h7H,1,5-6H2,2-4H3,(H,11,13). The van der Waals surface area contributed by atoms with Crippen LogP contribution in [0.4, 0.5) is 0 Å². The molecule has 1 amide bonds. The van der Waals surface area contributed by atoms with Crippen LogP contribution in [0.15, 0.2) is 12.2 Å². The Kier molecular flexibility index (Phi) is 4.38. The SMILES string of the molecule is C=C(C)C(=O)NC(C)(C)CCC=O. The highest BCUT2D eigenvalue weighted by atomic mass is 16.1. The molecule has 3 nitrogen and oxygen atoms in total. The van der Waals surface area contributed by atoms with Crippen LogP contribution >= 0.6 is 0 Å². The minimum Gasteiger partial charge on any atom is -0.347 e. The normalized spacial score (nSPS) is 10.7. The van der Waals surface area contributed by atoms with E-state index in [4.69, 9.17) is 0 Å². The van der Waals surface area contributed by atoms with Crippen molar-refractivity contribution in [2.45, 2.75) is 39.2 Å². The molecule has 0 bridgehead atoms. The summed E-state index contributed by atoms with van der Waals surface area (Å²) >= 11 is 0. The zero-order valence-corrected chi connectivity index (χ0v) is 8.52. The van der Waals surface area contributed by atoms with E-state index in [1.807, 2.05) is 13.8 Å². The van der Waals surface area contributed by atoms with E-state index >= 15 is 0 Å². The van der Waals surface area contributed by atoms with Gasteiger partial charge in [-0.2, -0.15) is 0 Å². The molecule has 0 spiro atoms. The Balaban J connectivity index is 4.07. The van der Waals surface area contributed by atoms with Crippen LogP contribution in [0.1, 0.15) is 33.6 Å². The van der Waals surface area contributed by atoms with Crippen molar-refractivity contribution in [3.8, 4) is 0 Å². The molecular formula is C10H17NO2. The average Bonchev–Trinajstić information content (AvgIpc) is 2.00. The molecule has 3 heteroatoms. The zero-order chi connectivity index (χ0) is 10.5. The Morgan fingerprint density at radius 1 is 1.54 bits per heavy atom. The molecule has 0 rings (SSSR count). The molecule has 0 unspecified atom stereocenters. The molecule has 0 radical (unpaired) electrons. The Bertz CT molecular complexity index is 219. The van der Waals surface area contributed by atoms with Gasteiger partial charge >= 0.3 is 0 Å². The lowest BCUT2D eigenvalue weighted by Crippen LogP contribution is -2.43. The van der Waals surface area contributed by atoms with Gasteiger partial charge in [-0.1, -0.05) is 6.58 Å². The molecule has 74 valence electrons. The number of aldehydes is 1. The van der Waals surface area contributed by atoms with Crippen LogP contribution in [0, 0.1) is 0 Å². The first-order chi connectivity index (χ1) is 5.89. The highest BCUT2D eigenvalue weighted by molar-refractivity contribution is 5.92. The second-order valence-electron chi connectivity index (χ2n) is 3.82. The van der Waals surface area contributed by atoms with Gasteiger partial charge in [0.05, 0.1) is 0 Å². The summed E-state index contributed by atoms with van der Waals surface area (Å²) in [5, 5.41) is 2.79. The van der Waals surface area contributed by atoms with E-state index in [1.54, 1.807) is 6.92 Å². The first-order valence-electron chi connectivity index (χ1n) is 4.31. The van der Waals surface area contributed by atoms with Crippen molar-refractivity contribution >= 4 is 12.2 Å². The number of rotatable bonds is 5. The van der Waals surface area contributed by atoms with E-state index < -0.39 is 0 Å². The number of hydrogen-bond acceptors (Lipinski definition) is 2. The van der Waals surface area contributed by atoms with Crippen molar-refractivity contribution in [1.82, 2.24) is 5.32 Å². The molecule has 0 heterocycles. The number of hydrogen-bond donors (Lipinski definition) is 1. The monoisotopic (exact) mass is 183 g/mol. The van der Waals surface area contributed by atoms with Crippen LogP contribution in [0.25, 0.3) is 0 Å². The van der Waals surface area contributed by atoms with Crippen molar-refractivity contribution in [3.63, 3.8) is 0 Å². The largest absolute Gasteiger partial charge is 0.347 e. The van der Waals surface area contributed by atoms with Crippen LogP contribution in [0.5, 0.6) is 0 Å². The van der Waals surface area contributed by atoms with Gasteiger partial charge in [-0.15, -0.1) is 0 Å². The second kappa shape index (κ2) is 4.80. The van der Waals surface area contributed by atoms with E-state index in [1.165, 1.54) is 0 Å². The first-order valence-corrected chi connectivity index (χ1v) is 4.31. The topological polar surface area (TPSA) is 46.2 Å². The summed E-state index contributed by atoms with van der Waals surface area (Å²) in [6, 6.07) is 0.